The summed E-state index contributed by atoms with van der Waals surface area (Å²) in [6, 6.07) is 14.3. The number of hydrogen-bond acceptors (Lipinski definition) is 5. The van der Waals surface area contributed by atoms with Crippen molar-refractivity contribution in [3.05, 3.63) is 71.7 Å². The Labute approximate surface area is 194 Å². The smallest absolute Gasteiger partial charge is 0.249 e. The van der Waals surface area contributed by atoms with E-state index in [1.807, 2.05) is 18.2 Å². The SMILES string of the molecule is CC(C)N1CCN(Cc2cnc(-c3ccc(C(N)=O)c(-c4ccccc4N)c3)c(F)c2)CC1. The predicted octanol–water partition coefficient (Wildman–Crippen LogP) is 3.76. The number of nitrogens with two attached hydrogens (primary N) is 2. The molecule has 1 amide bonds. The van der Waals surface area contributed by atoms with E-state index in [4.69, 9.17) is 11.5 Å². The molecule has 1 saturated heterocycles. The molecule has 4 rings (SSSR count). The number of carbonyl (C=O) groups excluding carboxylic acids is 1. The minimum Gasteiger partial charge on any atom is -0.398 e. The Bertz CT molecular complexity index is 1160. The largest absolute Gasteiger partial charge is 0.398 e. The van der Waals surface area contributed by atoms with Crippen molar-refractivity contribution in [3.63, 3.8) is 0 Å². The zero-order valence-electron chi connectivity index (χ0n) is 19.1. The van der Waals surface area contributed by atoms with Gasteiger partial charge in [-0.25, -0.2) is 4.39 Å². The molecule has 0 unspecified atom stereocenters. The van der Waals surface area contributed by atoms with Gasteiger partial charge in [0.1, 0.15) is 11.5 Å². The molecular weight excluding hydrogens is 417 g/mol. The lowest BCUT2D eigenvalue weighted by Gasteiger charge is -2.36. The Morgan fingerprint density at radius 2 is 1.79 bits per heavy atom. The summed E-state index contributed by atoms with van der Waals surface area (Å²) in [6.45, 7) is 9.04. The number of nitrogen functional groups attached to an aromatic ring is 1. The predicted molar refractivity (Wildman–Crippen MR) is 130 cm³/mol. The molecule has 1 aliphatic rings. The van der Waals surface area contributed by atoms with Crippen molar-refractivity contribution in [2.24, 2.45) is 5.73 Å². The van der Waals surface area contributed by atoms with Crippen molar-refractivity contribution < 1.29 is 9.18 Å². The van der Waals surface area contributed by atoms with Crippen molar-refractivity contribution >= 4 is 11.6 Å². The molecule has 172 valence electrons. The highest BCUT2D eigenvalue weighted by Crippen LogP contribution is 2.33. The highest BCUT2D eigenvalue weighted by molar-refractivity contribution is 6.02. The molecule has 0 atom stereocenters. The minimum atomic E-state index is -0.568. The van der Waals surface area contributed by atoms with E-state index in [9.17, 15) is 4.79 Å². The molecule has 6 nitrogen and oxygen atoms in total. The highest BCUT2D eigenvalue weighted by Gasteiger charge is 2.20. The number of nitrogens with zero attached hydrogens (tertiary/aromatic N) is 3. The van der Waals surface area contributed by atoms with E-state index in [0.29, 0.717) is 40.5 Å². The maximum atomic E-state index is 15.1. The molecule has 0 aliphatic carbocycles. The lowest BCUT2D eigenvalue weighted by atomic mass is 9.94. The second-order valence-corrected chi connectivity index (χ2v) is 8.79. The molecule has 7 heteroatoms. The van der Waals surface area contributed by atoms with E-state index in [1.165, 1.54) is 0 Å². The monoisotopic (exact) mass is 447 g/mol. The fraction of sp³-hybridized carbons (Fsp3) is 0.308. The molecule has 33 heavy (non-hydrogen) atoms. The van der Waals surface area contributed by atoms with E-state index in [-0.39, 0.29) is 5.69 Å². The van der Waals surface area contributed by atoms with Crippen LogP contribution in [0, 0.1) is 5.82 Å². The number of primary amides is 1. The molecule has 0 saturated carbocycles. The first kappa shape index (κ1) is 22.9. The molecule has 4 N–H and O–H groups in total. The average Bonchev–Trinajstić information content (AvgIpc) is 2.79. The van der Waals surface area contributed by atoms with Gasteiger partial charge in [-0.1, -0.05) is 24.3 Å². The van der Waals surface area contributed by atoms with Crippen LogP contribution < -0.4 is 11.5 Å². The van der Waals surface area contributed by atoms with Crippen LogP contribution in [-0.2, 0) is 6.54 Å². The summed E-state index contributed by atoms with van der Waals surface area (Å²) < 4.78 is 15.1. The third-order valence-electron chi connectivity index (χ3n) is 6.25. The summed E-state index contributed by atoms with van der Waals surface area (Å²) in [7, 11) is 0. The number of para-hydroxylation sites is 1. The molecule has 3 aromatic rings. The second-order valence-electron chi connectivity index (χ2n) is 8.79. The Morgan fingerprint density at radius 1 is 1.06 bits per heavy atom. The first-order valence-corrected chi connectivity index (χ1v) is 11.2. The van der Waals surface area contributed by atoms with Crippen LogP contribution in [0.3, 0.4) is 0 Å². The van der Waals surface area contributed by atoms with Crippen molar-refractivity contribution in [1.29, 1.82) is 0 Å². The van der Waals surface area contributed by atoms with Crippen LogP contribution in [0.25, 0.3) is 22.4 Å². The third-order valence-corrected chi connectivity index (χ3v) is 6.25. The summed E-state index contributed by atoms with van der Waals surface area (Å²) in [5, 5.41) is 0. The third kappa shape index (κ3) is 5.05. The number of halogens is 1. The maximum absolute atomic E-state index is 15.1. The average molecular weight is 448 g/mol. The van der Waals surface area contributed by atoms with Crippen LogP contribution in [0.15, 0.2) is 54.7 Å². The topological polar surface area (TPSA) is 88.5 Å². The molecule has 1 aromatic heterocycles. The van der Waals surface area contributed by atoms with Crippen LogP contribution in [0.1, 0.15) is 29.8 Å². The molecule has 2 aromatic carbocycles. The van der Waals surface area contributed by atoms with Crippen LogP contribution in [-0.4, -0.2) is 52.9 Å². The standard InChI is InChI=1S/C26H30FN5O/c1-17(2)32-11-9-31(10-12-32)16-18-13-23(27)25(30-15-18)19-7-8-21(26(29)33)22(14-19)20-5-3-4-6-24(20)28/h3-8,13-15,17H,9-12,16,28H2,1-2H3,(H2,29,33). The van der Waals surface area contributed by atoms with E-state index in [2.05, 4.69) is 28.6 Å². The summed E-state index contributed by atoms with van der Waals surface area (Å²) in [5.41, 5.74) is 15.4. The van der Waals surface area contributed by atoms with Gasteiger partial charge in [-0.3, -0.25) is 19.6 Å². The number of rotatable bonds is 6. The number of amides is 1. The maximum Gasteiger partial charge on any atom is 0.249 e. The summed E-state index contributed by atoms with van der Waals surface area (Å²) in [5.74, 6) is -0.965. The number of aromatic nitrogens is 1. The zero-order chi connectivity index (χ0) is 23.5. The molecular formula is C26H30FN5O. The van der Waals surface area contributed by atoms with Crippen molar-refractivity contribution in [2.45, 2.75) is 26.4 Å². The van der Waals surface area contributed by atoms with Crippen LogP contribution >= 0.6 is 0 Å². The van der Waals surface area contributed by atoms with Crippen molar-refractivity contribution in [3.8, 4) is 22.4 Å². The fourth-order valence-electron chi connectivity index (χ4n) is 4.34. The lowest BCUT2D eigenvalue weighted by molar-refractivity contribution is 0.100. The van der Waals surface area contributed by atoms with Gasteiger partial charge >= 0.3 is 0 Å². The molecule has 0 spiro atoms. The van der Waals surface area contributed by atoms with Gasteiger partial charge in [0.05, 0.1) is 0 Å². The molecule has 0 bridgehead atoms. The van der Waals surface area contributed by atoms with Gasteiger partial charge in [0.25, 0.3) is 0 Å². The van der Waals surface area contributed by atoms with Crippen molar-refractivity contribution in [1.82, 2.24) is 14.8 Å². The van der Waals surface area contributed by atoms with Crippen molar-refractivity contribution in [2.75, 3.05) is 31.9 Å². The zero-order valence-corrected chi connectivity index (χ0v) is 19.1. The number of pyridine rings is 1. The van der Waals surface area contributed by atoms with Gasteiger partial charge < -0.3 is 11.5 Å². The summed E-state index contributed by atoms with van der Waals surface area (Å²) >= 11 is 0. The van der Waals surface area contributed by atoms with E-state index in [0.717, 1.165) is 31.7 Å². The Balaban J connectivity index is 1.59. The second kappa shape index (κ2) is 9.68. The number of piperazine rings is 1. The number of anilines is 1. The lowest BCUT2D eigenvalue weighted by Crippen LogP contribution is -2.48. The minimum absolute atomic E-state index is 0.232. The quantitative estimate of drug-likeness (QED) is 0.562. The highest BCUT2D eigenvalue weighted by atomic mass is 19.1. The number of carbonyl (C=O) groups is 1. The Hall–Kier alpha value is -3.29. The van der Waals surface area contributed by atoms with Gasteiger partial charge in [0, 0.05) is 67.3 Å². The molecule has 1 fully saturated rings. The van der Waals surface area contributed by atoms with Gasteiger partial charge in [-0.2, -0.15) is 0 Å². The first-order chi connectivity index (χ1) is 15.8. The fourth-order valence-corrected chi connectivity index (χ4v) is 4.34. The van der Waals surface area contributed by atoms with E-state index < -0.39 is 11.7 Å². The van der Waals surface area contributed by atoms with Gasteiger partial charge in [-0.05, 0) is 49.2 Å². The summed E-state index contributed by atoms with van der Waals surface area (Å²) in [6.07, 6.45) is 1.73. The van der Waals surface area contributed by atoms with Crippen LogP contribution in [0.4, 0.5) is 10.1 Å². The molecule has 2 heterocycles. The van der Waals surface area contributed by atoms with E-state index in [1.54, 1.807) is 36.5 Å². The van der Waals surface area contributed by atoms with Gasteiger partial charge in [-0.15, -0.1) is 0 Å². The van der Waals surface area contributed by atoms with E-state index >= 15 is 4.39 Å². The van der Waals surface area contributed by atoms with Gasteiger partial charge in [0.2, 0.25) is 5.91 Å². The molecule has 1 aliphatic heterocycles. The molecule has 0 radical (unpaired) electrons. The Morgan fingerprint density at radius 3 is 2.42 bits per heavy atom. The normalized spacial score (nSPS) is 15.2. The van der Waals surface area contributed by atoms with Crippen LogP contribution in [0.2, 0.25) is 0 Å². The van der Waals surface area contributed by atoms with Crippen LogP contribution in [0.5, 0.6) is 0 Å². The summed E-state index contributed by atoms with van der Waals surface area (Å²) in [4.78, 5) is 21.2. The van der Waals surface area contributed by atoms with Gasteiger partial charge in [0.15, 0.2) is 0 Å². The Kier molecular flexibility index (Phi) is 6.72. The first-order valence-electron chi connectivity index (χ1n) is 11.2. The number of hydrogen-bond donors (Lipinski definition) is 2. The number of benzene rings is 2.